The molecule has 2 aromatic rings. The Hall–Kier alpha value is -0.680. The molecule has 0 aliphatic carbocycles. The van der Waals surface area contributed by atoms with Crippen molar-refractivity contribution in [3.8, 4) is 0 Å². The van der Waals surface area contributed by atoms with Gasteiger partial charge >= 0.3 is 0 Å². The fraction of sp³-hybridized carbons (Fsp3) is 0.429. The van der Waals surface area contributed by atoms with Crippen molar-refractivity contribution in [3.05, 3.63) is 44.8 Å². The van der Waals surface area contributed by atoms with Gasteiger partial charge in [-0.15, -0.1) is 11.3 Å². The monoisotopic (exact) mass is 280 g/mol. The summed E-state index contributed by atoms with van der Waals surface area (Å²) in [6.07, 6.45) is 0.997. The molecule has 0 aromatic carbocycles. The van der Waals surface area contributed by atoms with E-state index in [1.807, 2.05) is 0 Å². The minimum atomic E-state index is 0.187. The second kappa shape index (κ2) is 6.48. The Bertz CT molecular complexity index is 436. The third-order valence-corrected chi connectivity index (χ3v) is 4.87. The van der Waals surface area contributed by atoms with Crippen molar-refractivity contribution < 1.29 is 0 Å². The first-order valence-electron chi connectivity index (χ1n) is 6.22. The Kier molecular flexibility index (Phi) is 4.95. The second-order valence-corrected chi connectivity index (χ2v) is 6.34. The maximum Gasteiger partial charge on any atom is 0.0593 e. The zero-order chi connectivity index (χ0) is 13.0. The molecule has 2 atom stereocenters. The van der Waals surface area contributed by atoms with E-state index in [-0.39, 0.29) is 6.04 Å². The third kappa shape index (κ3) is 3.20. The van der Waals surface area contributed by atoms with Crippen molar-refractivity contribution in [1.82, 2.24) is 4.90 Å². The molecule has 0 fully saturated rings. The van der Waals surface area contributed by atoms with Crippen LogP contribution in [0.1, 0.15) is 29.8 Å². The summed E-state index contributed by atoms with van der Waals surface area (Å²) in [5.74, 6) is 0. The van der Waals surface area contributed by atoms with Crippen LogP contribution in [0, 0.1) is 0 Å². The highest BCUT2D eigenvalue weighted by Crippen LogP contribution is 2.29. The molecule has 0 amide bonds. The molecule has 2 unspecified atom stereocenters. The van der Waals surface area contributed by atoms with Gasteiger partial charge in [-0.1, -0.05) is 13.0 Å². The summed E-state index contributed by atoms with van der Waals surface area (Å²) < 4.78 is 0. The van der Waals surface area contributed by atoms with Crippen LogP contribution in [0.4, 0.5) is 0 Å². The lowest BCUT2D eigenvalue weighted by atomic mass is 10.0. The van der Waals surface area contributed by atoms with Gasteiger partial charge in [0, 0.05) is 17.5 Å². The Labute approximate surface area is 117 Å². The predicted molar refractivity (Wildman–Crippen MR) is 81.1 cm³/mol. The lowest BCUT2D eigenvalue weighted by Gasteiger charge is -2.31. The van der Waals surface area contributed by atoms with Gasteiger partial charge in [-0.25, -0.2) is 0 Å². The maximum absolute atomic E-state index is 6.31. The molecule has 2 aromatic heterocycles. The van der Waals surface area contributed by atoms with E-state index in [0.29, 0.717) is 6.04 Å². The average Bonchev–Trinajstić information content (AvgIpc) is 3.02. The molecule has 0 saturated carbocycles. The van der Waals surface area contributed by atoms with Gasteiger partial charge in [0.05, 0.1) is 6.04 Å². The van der Waals surface area contributed by atoms with Crippen molar-refractivity contribution in [1.29, 1.82) is 0 Å². The van der Waals surface area contributed by atoms with Gasteiger partial charge < -0.3 is 5.73 Å². The first kappa shape index (κ1) is 13.7. The topological polar surface area (TPSA) is 29.3 Å². The van der Waals surface area contributed by atoms with Crippen LogP contribution in [-0.4, -0.2) is 18.0 Å². The molecule has 0 aliphatic rings. The molecule has 0 radical (unpaired) electrons. The van der Waals surface area contributed by atoms with Crippen molar-refractivity contribution in [3.63, 3.8) is 0 Å². The van der Waals surface area contributed by atoms with Gasteiger partial charge in [-0.3, -0.25) is 4.90 Å². The zero-order valence-electron chi connectivity index (χ0n) is 10.9. The summed E-state index contributed by atoms with van der Waals surface area (Å²) in [6, 6.07) is 6.98. The van der Waals surface area contributed by atoms with Crippen LogP contribution < -0.4 is 5.73 Å². The van der Waals surface area contributed by atoms with E-state index in [1.165, 1.54) is 10.4 Å². The quantitative estimate of drug-likeness (QED) is 0.874. The summed E-state index contributed by atoms with van der Waals surface area (Å²) in [7, 11) is 2.16. The van der Waals surface area contributed by atoms with E-state index in [2.05, 4.69) is 53.2 Å². The van der Waals surface area contributed by atoms with Crippen LogP contribution in [0.3, 0.4) is 0 Å². The van der Waals surface area contributed by atoms with Crippen LogP contribution in [0.25, 0.3) is 0 Å². The van der Waals surface area contributed by atoms with Gasteiger partial charge in [0.25, 0.3) is 0 Å². The van der Waals surface area contributed by atoms with Crippen molar-refractivity contribution in [2.24, 2.45) is 5.73 Å². The van der Waals surface area contributed by atoms with E-state index in [9.17, 15) is 0 Å². The molecule has 2 rings (SSSR count). The molecule has 2 heterocycles. The highest BCUT2D eigenvalue weighted by Gasteiger charge is 2.24. The number of thiophene rings is 2. The molecule has 2 nitrogen and oxygen atoms in total. The summed E-state index contributed by atoms with van der Waals surface area (Å²) in [5.41, 5.74) is 7.67. The smallest absolute Gasteiger partial charge is 0.0593 e. The highest BCUT2D eigenvalue weighted by molar-refractivity contribution is 7.10. The second-order valence-electron chi connectivity index (χ2n) is 4.58. The summed E-state index contributed by atoms with van der Waals surface area (Å²) in [4.78, 5) is 3.73. The minimum Gasteiger partial charge on any atom is -0.326 e. The highest BCUT2D eigenvalue weighted by atomic mass is 32.1. The predicted octanol–water partition coefficient (Wildman–Crippen LogP) is 3.72. The molecular weight excluding hydrogens is 260 g/mol. The van der Waals surface area contributed by atoms with E-state index in [4.69, 9.17) is 5.73 Å². The van der Waals surface area contributed by atoms with Gasteiger partial charge in [0.15, 0.2) is 0 Å². The molecule has 0 aliphatic heterocycles. The third-order valence-electron chi connectivity index (χ3n) is 3.20. The molecule has 18 heavy (non-hydrogen) atoms. The van der Waals surface area contributed by atoms with E-state index >= 15 is 0 Å². The summed E-state index contributed by atoms with van der Waals surface area (Å²) >= 11 is 3.55. The van der Waals surface area contributed by atoms with Crippen LogP contribution >= 0.6 is 22.7 Å². The van der Waals surface area contributed by atoms with Crippen LogP contribution in [0.5, 0.6) is 0 Å². The Morgan fingerprint density at radius 2 is 2.17 bits per heavy atom. The van der Waals surface area contributed by atoms with Gasteiger partial charge in [-0.05, 0) is 47.3 Å². The number of rotatable bonds is 6. The molecule has 4 heteroatoms. The Balaban J connectivity index is 2.13. The fourth-order valence-corrected chi connectivity index (χ4v) is 3.83. The van der Waals surface area contributed by atoms with Crippen molar-refractivity contribution >= 4 is 22.7 Å². The SMILES string of the molecule is CCC(N)C(c1cccs1)N(C)Cc1ccsc1. The first-order chi connectivity index (χ1) is 8.72. The summed E-state index contributed by atoms with van der Waals surface area (Å²) in [5, 5.41) is 6.46. The Morgan fingerprint density at radius 1 is 1.33 bits per heavy atom. The van der Waals surface area contributed by atoms with E-state index in [0.717, 1.165) is 13.0 Å². The molecular formula is C14H20N2S2. The fourth-order valence-electron chi connectivity index (χ4n) is 2.21. The number of hydrogen-bond donors (Lipinski definition) is 1. The largest absolute Gasteiger partial charge is 0.326 e. The molecule has 0 saturated heterocycles. The summed E-state index contributed by atoms with van der Waals surface area (Å²) in [6.45, 7) is 3.11. The van der Waals surface area contributed by atoms with Gasteiger partial charge in [0.2, 0.25) is 0 Å². The van der Waals surface area contributed by atoms with Crippen molar-refractivity contribution in [2.75, 3.05) is 7.05 Å². The van der Waals surface area contributed by atoms with Gasteiger partial charge in [-0.2, -0.15) is 11.3 Å². The Morgan fingerprint density at radius 3 is 2.72 bits per heavy atom. The maximum atomic E-state index is 6.31. The lowest BCUT2D eigenvalue weighted by Crippen LogP contribution is -2.38. The standard InChI is InChI=1S/C14H20N2S2/c1-3-12(15)14(13-5-4-7-18-13)16(2)9-11-6-8-17-10-11/h4-8,10,12,14H,3,9,15H2,1-2H3. The molecule has 0 spiro atoms. The lowest BCUT2D eigenvalue weighted by molar-refractivity contribution is 0.205. The first-order valence-corrected chi connectivity index (χ1v) is 8.05. The number of hydrogen-bond acceptors (Lipinski definition) is 4. The normalized spacial score (nSPS) is 14.9. The molecule has 2 N–H and O–H groups in total. The van der Waals surface area contributed by atoms with Crippen molar-refractivity contribution in [2.45, 2.75) is 32.0 Å². The van der Waals surface area contributed by atoms with Crippen LogP contribution in [0.15, 0.2) is 34.3 Å². The van der Waals surface area contributed by atoms with Crippen LogP contribution in [-0.2, 0) is 6.54 Å². The molecule has 98 valence electrons. The minimum absolute atomic E-state index is 0.187. The van der Waals surface area contributed by atoms with Gasteiger partial charge in [0.1, 0.15) is 0 Å². The number of nitrogens with two attached hydrogens (primary N) is 1. The van der Waals surface area contributed by atoms with E-state index in [1.54, 1.807) is 22.7 Å². The van der Waals surface area contributed by atoms with E-state index < -0.39 is 0 Å². The molecule has 0 bridgehead atoms. The number of likely N-dealkylation sites (N-methyl/N-ethyl adjacent to an activating group) is 1. The zero-order valence-corrected chi connectivity index (χ0v) is 12.5. The average molecular weight is 280 g/mol. The van der Waals surface area contributed by atoms with Crippen LogP contribution in [0.2, 0.25) is 0 Å². The number of nitrogens with zero attached hydrogens (tertiary/aromatic N) is 1.